The van der Waals surface area contributed by atoms with Gasteiger partial charge in [-0.2, -0.15) is 5.26 Å². The van der Waals surface area contributed by atoms with Gasteiger partial charge in [-0.3, -0.25) is 4.79 Å². The molecule has 0 aliphatic carbocycles. The lowest BCUT2D eigenvalue weighted by Gasteiger charge is -2.23. The molecule has 1 aromatic heterocycles. The smallest absolute Gasteiger partial charge is 0.261 e. The Bertz CT molecular complexity index is 1260. The Balaban J connectivity index is 1.53. The lowest BCUT2D eigenvalue weighted by atomic mass is 10.1. The molecule has 1 N–H and O–H groups in total. The number of nitriles is 1. The van der Waals surface area contributed by atoms with Gasteiger partial charge in [-0.15, -0.1) is 0 Å². The molecule has 0 saturated heterocycles. The van der Waals surface area contributed by atoms with Crippen LogP contribution in [0.15, 0.2) is 79.1 Å². The second-order valence-electron chi connectivity index (χ2n) is 7.39. The molecule has 2 unspecified atom stereocenters. The van der Waals surface area contributed by atoms with Gasteiger partial charge in [0.1, 0.15) is 11.6 Å². The van der Waals surface area contributed by atoms with Gasteiger partial charge >= 0.3 is 0 Å². The average molecular weight is 428 g/mol. The predicted molar refractivity (Wildman–Crippen MR) is 118 cm³/mol. The second kappa shape index (κ2) is 9.31. The molecular formula is C25H21FN4O2. The molecule has 0 fully saturated rings. The van der Waals surface area contributed by atoms with Crippen molar-refractivity contribution in [1.29, 1.82) is 5.26 Å². The lowest BCUT2D eigenvalue weighted by Crippen LogP contribution is -2.40. The number of carbonyl (C=O) groups is 1. The Morgan fingerprint density at radius 1 is 1.12 bits per heavy atom. The molecule has 0 saturated carbocycles. The molecule has 4 rings (SSSR count). The van der Waals surface area contributed by atoms with Crippen LogP contribution in [0.2, 0.25) is 0 Å². The standard InChI is InChI=1S/C25H21FN4O2/c1-17(32-21-12-6-18(14-27)7-13-21)25(31)29-23(19-8-10-20(26)11-9-19)15-30-16-28-22-4-2-3-5-24(22)30/h2-13,16-17,23H,15H2,1H3,(H,29,31). The molecule has 4 aromatic rings. The Morgan fingerprint density at radius 3 is 2.56 bits per heavy atom. The summed E-state index contributed by atoms with van der Waals surface area (Å²) >= 11 is 0. The molecule has 0 aliphatic heterocycles. The van der Waals surface area contributed by atoms with E-state index in [4.69, 9.17) is 10.00 Å². The molecule has 0 aliphatic rings. The largest absolute Gasteiger partial charge is 0.481 e. The number of para-hydroxylation sites is 2. The van der Waals surface area contributed by atoms with Crippen LogP contribution in [0.3, 0.4) is 0 Å². The first-order chi connectivity index (χ1) is 15.5. The van der Waals surface area contributed by atoms with Crippen molar-refractivity contribution in [3.63, 3.8) is 0 Å². The van der Waals surface area contributed by atoms with Crippen LogP contribution >= 0.6 is 0 Å². The van der Waals surface area contributed by atoms with Crippen LogP contribution in [0.4, 0.5) is 4.39 Å². The lowest BCUT2D eigenvalue weighted by molar-refractivity contribution is -0.128. The van der Waals surface area contributed by atoms with Crippen molar-refractivity contribution in [1.82, 2.24) is 14.9 Å². The van der Waals surface area contributed by atoms with E-state index in [9.17, 15) is 9.18 Å². The molecule has 3 aromatic carbocycles. The Kier molecular flexibility index (Phi) is 6.13. The van der Waals surface area contributed by atoms with Crippen molar-refractivity contribution in [2.75, 3.05) is 0 Å². The summed E-state index contributed by atoms with van der Waals surface area (Å²) in [6, 6.07) is 22.0. The monoisotopic (exact) mass is 428 g/mol. The minimum Gasteiger partial charge on any atom is -0.481 e. The molecule has 1 amide bonds. The summed E-state index contributed by atoms with van der Waals surface area (Å²) in [5.41, 5.74) is 3.08. The van der Waals surface area contributed by atoms with Crippen LogP contribution in [-0.2, 0) is 11.3 Å². The summed E-state index contributed by atoms with van der Waals surface area (Å²) in [5.74, 6) is -0.164. The van der Waals surface area contributed by atoms with E-state index in [1.165, 1.54) is 12.1 Å². The number of hydrogen-bond acceptors (Lipinski definition) is 4. The van der Waals surface area contributed by atoms with E-state index >= 15 is 0 Å². The van der Waals surface area contributed by atoms with Gasteiger partial charge in [-0.1, -0.05) is 24.3 Å². The van der Waals surface area contributed by atoms with E-state index in [0.29, 0.717) is 17.9 Å². The summed E-state index contributed by atoms with van der Waals surface area (Å²) in [4.78, 5) is 17.3. The second-order valence-corrected chi connectivity index (χ2v) is 7.39. The molecule has 2 atom stereocenters. The molecule has 0 spiro atoms. The maximum absolute atomic E-state index is 13.5. The number of hydrogen-bond donors (Lipinski definition) is 1. The zero-order valence-electron chi connectivity index (χ0n) is 17.4. The summed E-state index contributed by atoms with van der Waals surface area (Å²) in [6.45, 7) is 2.07. The van der Waals surface area contributed by atoms with Gasteiger partial charge in [-0.05, 0) is 61.0 Å². The molecule has 0 bridgehead atoms. The highest BCUT2D eigenvalue weighted by Crippen LogP contribution is 2.21. The van der Waals surface area contributed by atoms with Crippen molar-refractivity contribution in [2.24, 2.45) is 0 Å². The molecule has 0 radical (unpaired) electrons. The van der Waals surface area contributed by atoms with Gasteiger partial charge in [0.15, 0.2) is 6.10 Å². The number of nitrogens with zero attached hydrogens (tertiary/aromatic N) is 3. The van der Waals surface area contributed by atoms with Crippen LogP contribution in [0.1, 0.15) is 24.1 Å². The Labute approximate surface area is 184 Å². The minimum absolute atomic E-state index is 0.312. The normalized spacial score (nSPS) is 12.7. The van der Waals surface area contributed by atoms with Gasteiger partial charge in [0.2, 0.25) is 0 Å². The van der Waals surface area contributed by atoms with Crippen LogP contribution in [0.5, 0.6) is 5.75 Å². The zero-order chi connectivity index (χ0) is 22.5. The van der Waals surface area contributed by atoms with Crippen LogP contribution in [-0.4, -0.2) is 21.6 Å². The number of imidazole rings is 1. The highest BCUT2D eigenvalue weighted by atomic mass is 19.1. The van der Waals surface area contributed by atoms with E-state index < -0.39 is 12.1 Å². The number of benzene rings is 3. The fourth-order valence-electron chi connectivity index (χ4n) is 3.44. The average Bonchev–Trinajstić information content (AvgIpc) is 3.22. The molecule has 160 valence electrons. The third-order valence-electron chi connectivity index (χ3n) is 5.16. The van der Waals surface area contributed by atoms with Gasteiger partial charge in [0, 0.05) is 6.54 Å². The van der Waals surface area contributed by atoms with Gasteiger partial charge in [0.25, 0.3) is 5.91 Å². The van der Waals surface area contributed by atoms with E-state index in [1.807, 2.05) is 34.9 Å². The highest BCUT2D eigenvalue weighted by molar-refractivity contribution is 5.81. The van der Waals surface area contributed by atoms with Crippen LogP contribution in [0, 0.1) is 17.1 Å². The van der Waals surface area contributed by atoms with Gasteiger partial charge in [-0.25, -0.2) is 9.37 Å². The van der Waals surface area contributed by atoms with Gasteiger partial charge in [0.05, 0.1) is 35.0 Å². The molecule has 1 heterocycles. The topological polar surface area (TPSA) is 79.9 Å². The minimum atomic E-state index is -0.773. The first-order valence-electron chi connectivity index (χ1n) is 10.2. The number of amides is 1. The van der Waals surface area contributed by atoms with Crippen molar-refractivity contribution < 1.29 is 13.9 Å². The third-order valence-corrected chi connectivity index (χ3v) is 5.16. The maximum Gasteiger partial charge on any atom is 0.261 e. The van der Waals surface area contributed by atoms with Crippen molar-refractivity contribution >= 4 is 16.9 Å². The molecular weight excluding hydrogens is 407 g/mol. The number of carbonyl (C=O) groups excluding carboxylic acids is 1. The fraction of sp³-hybridized carbons (Fsp3) is 0.160. The summed E-state index contributed by atoms with van der Waals surface area (Å²) in [6.07, 6.45) is 0.953. The Hall–Kier alpha value is -4.18. The fourth-order valence-corrected chi connectivity index (χ4v) is 3.44. The number of aromatic nitrogens is 2. The van der Waals surface area contributed by atoms with E-state index in [1.54, 1.807) is 49.6 Å². The van der Waals surface area contributed by atoms with Crippen molar-refractivity contribution in [3.8, 4) is 11.8 Å². The zero-order valence-corrected chi connectivity index (χ0v) is 17.4. The molecule has 6 nitrogen and oxygen atoms in total. The first-order valence-corrected chi connectivity index (χ1v) is 10.2. The number of rotatable bonds is 7. The van der Waals surface area contributed by atoms with E-state index in [2.05, 4.69) is 10.3 Å². The molecule has 32 heavy (non-hydrogen) atoms. The third kappa shape index (κ3) is 4.76. The van der Waals surface area contributed by atoms with E-state index in [0.717, 1.165) is 16.6 Å². The predicted octanol–water partition coefficient (Wildman–Crippen LogP) is 4.37. The molecule has 7 heteroatoms. The summed E-state index contributed by atoms with van der Waals surface area (Å²) in [5, 5.41) is 11.9. The number of halogens is 1. The summed E-state index contributed by atoms with van der Waals surface area (Å²) in [7, 11) is 0. The number of nitrogens with one attached hydrogen (secondary N) is 1. The van der Waals surface area contributed by atoms with Crippen molar-refractivity contribution in [2.45, 2.75) is 25.6 Å². The number of ether oxygens (including phenoxy) is 1. The number of fused-ring (bicyclic) bond motifs is 1. The SMILES string of the molecule is CC(Oc1ccc(C#N)cc1)C(=O)NC(Cn1cnc2ccccc21)c1ccc(F)cc1. The van der Waals surface area contributed by atoms with Crippen molar-refractivity contribution in [3.05, 3.63) is 96.1 Å². The maximum atomic E-state index is 13.5. The van der Waals surface area contributed by atoms with Crippen LogP contribution < -0.4 is 10.1 Å². The summed E-state index contributed by atoms with van der Waals surface area (Å²) < 4.78 is 21.2. The highest BCUT2D eigenvalue weighted by Gasteiger charge is 2.21. The van der Waals surface area contributed by atoms with E-state index in [-0.39, 0.29) is 11.7 Å². The first kappa shape index (κ1) is 21.1. The van der Waals surface area contributed by atoms with Gasteiger partial charge < -0.3 is 14.6 Å². The quantitative estimate of drug-likeness (QED) is 0.474. The van der Waals surface area contributed by atoms with Crippen LogP contribution in [0.25, 0.3) is 11.0 Å². The Morgan fingerprint density at radius 2 is 1.84 bits per heavy atom.